The topological polar surface area (TPSA) is 70.2 Å². The first-order valence-electron chi connectivity index (χ1n) is 11.3. The monoisotopic (exact) mass is 437 g/mol. The van der Waals surface area contributed by atoms with Crippen LogP contribution in [0.4, 0.5) is 17.1 Å². The third-order valence-corrected chi connectivity index (χ3v) is 6.42. The van der Waals surface area contributed by atoms with Crippen LogP contribution in [-0.4, -0.2) is 11.7 Å². The number of nitrogens with one attached hydrogen (secondary N) is 3. The van der Waals surface area contributed by atoms with Gasteiger partial charge in [-0.3, -0.25) is 9.59 Å². The van der Waals surface area contributed by atoms with Crippen molar-refractivity contribution in [2.45, 2.75) is 38.6 Å². The lowest BCUT2D eigenvalue weighted by Gasteiger charge is -2.30. The summed E-state index contributed by atoms with van der Waals surface area (Å²) in [6, 6.07) is 24.0. The number of fused-ring (bicyclic) bond motifs is 1. The Labute approximate surface area is 193 Å². The van der Waals surface area contributed by atoms with Crippen molar-refractivity contribution in [3.05, 3.63) is 101 Å². The van der Waals surface area contributed by atoms with E-state index in [0.29, 0.717) is 6.42 Å². The second-order valence-electron chi connectivity index (χ2n) is 8.88. The van der Waals surface area contributed by atoms with Crippen LogP contribution in [0.2, 0.25) is 0 Å². The van der Waals surface area contributed by atoms with E-state index in [1.165, 1.54) is 18.1 Å². The molecule has 5 heteroatoms. The Morgan fingerprint density at radius 3 is 2.24 bits per heavy atom. The molecule has 3 aromatic carbocycles. The Kier molecular flexibility index (Phi) is 5.47. The number of carbonyl (C=O) groups excluding carboxylic acids is 2. The number of rotatable bonds is 3. The first kappa shape index (κ1) is 21.0. The minimum Gasteiger partial charge on any atom is -0.372 e. The zero-order valence-electron chi connectivity index (χ0n) is 18.8. The fraction of sp³-hybridized carbons (Fsp3) is 0.214. The second-order valence-corrected chi connectivity index (χ2v) is 8.88. The third kappa shape index (κ3) is 4.27. The minimum atomic E-state index is -0.269. The smallest absolute Gasteiger partial charge is 0.221 e. The molecule has 0 unspecified atom stereocenters. The number of aryl methyl sites for hydroxylation is 1. The van der Waals surface area contributed by atoms with E-state index in [-0.39, 0.29) is 23.7 Å². The van der Waals surface area contributed by atoms with Crippen molar-refractivity contribution in [3.63, 3.8) is 0 Å². The maximum Gasteiger partial charge on any atom is 0.221 e. The van der Waals surface area contributed by atoms with Crippen LogP contribution in [0.25, 0.3) is 0 Å². The molecule has 0 aromatic heterocycles. The van der Waals surface area contributed by atoms with E-state index in [1.54, 1.807) is 0 Å². The molecule has 0 bridgehead atoms. The number of amides is 1. The van der Waals surface area contributed by atoms with E-state index in [9.17, 15) is 9.59 Å². The molecule has 2 atom stereocenters. The SMILES string of the molecule is CC(=O)Nc1ccc([C@@H]2Nc3ccccc3NC3=C2C(=O)C[C@@H](c2ccc(C)cc2)C3)cc1. The quantitative estimate of drug-likeness (QED) is 0.475. The molecule has 5 nitrogen and oxygen atoms in total. The van der Waals surface area contributed by atoms with Gasteiger partial charge in [0.25, 0.3) is 0 Å². The molecular weight excluding hydrogens is 410 g/mol. The Bertz CT molecular complexity index is 1240. The van der Waals surface area contributed by atoms with Gasteiger partial charge in [-0.2, -0.15) is 0 Å². The Balaban J connectivity index is 1.55. The molecule has 1 aliphatic heterocycles. The summed E-state index contributed by atoms with van der Waals surface area (Å²) >= 11 is 0. The summed E-state index contributed by atoms with van der Waals surface area (Å²) in [5.74, 6) is 0.200. The average Bonchev–Trinajstić information content (AvgIpc) is 2.96. The normalized spacial score (nSPS) is 19.5. The summed E-state index contributed by atoms with van der Waals surface area (Å²) in [6.45, 7) is 3.57. The maximum absolute atomic E-state index is 13.6. The highest BCUT2D eigenvalue weighted by molar-refractivity contribution is 6.01. The zero-order valence-corrected chi connectivity index (χ0v) is 18.8. The fourth-order valence-corrected chi connectivity index (χ4v) is 4.78. The van der Waals surface area contributed by atoms with E-state index in [0.717, 1.165) is 40.3 Å². The van der Waals surface area contributed by atoms with Crippen molar-refractivity contribution >= 4 is 28.8 Å². The van der Waals surface area contributed by atoms with Gasteiger partial charge in [-0.05, 0) is 54.7 Å². The summed E-state index contributed by atoms with van der Waals surface area (Å²) in [5, 5.41) is 9.98. The lowest BCUT2D eigenvalue weighted by Crippen LogP contribution is -2.26. The zero-order chi connectivity index (χ0) is 22.9. The Morgan fingerprint density at radius 1 is 0.879 bits per heavy atom. The molecule has 1 heterocycles. The van der Waals surface area contributed by atoms with Crippen LogP contribution in [0.1, 0.15) is 48.4 Å². The van der Waals surface area contributed by atoms with Gasteiger partial charge < -0.3 is 16.0 Å². The van der Waals surface area contributed by atoms with Crippen molar-refractivity contribution < 1.29 is 9.59 Å². The molecule has 0 spiro atoms. The summed E-state index contributed by atoms with van der Waals surface area (Å²) in [6.07, 6.45) is 1.27. The standard InChI is InChI=1S/C28H27N3O2/c1-17-7-9-19(10-8-17)21-15-25-27(26(33)16-21)28(31-24-6-4-3-5-23(24)30-25)20-11-13-22(14-12-20)29-18(2)32/h3-14,21,28,30-31H,15-16H2,1-2H3,(H,29,32)/t21-,28-/m0/s1. The summed E-state index contributed by atoms with van der Waals surface area (Å²) in [7, 11) is 0. The van der Waals surface area contributed by atoms with Gasteiger partial charge >= 0.3 is 0 Å². The van der Waals surface area contributed by atoms with Crippen molar-refractivity contribution in [3.8, 4) is 0 Å². The van der Waals surface area contributed by atoms with Crippen LogP contribution < -0.4 is 16.0 Å². The van der Waals surface area contributed by atoms with Crippen molar-refractivity contribution in [2.24, 2.45) is 0 Å². The van der Waals surface area contributed by atoms with Gasteiger partial charge in [0, 0.05) is 30.3 Å². The number of carbonyl (C=O) groups is 2. The highest BCUT2D eigenvalue weighted by Crippen LogP contribution is 2.44. The van der Waals surface area contributed by atoms with Crippen LogP contribution >= 0.6 is 0 Å². The fourth-order valence-electron chi connectivity index (χ4n) is 4.78. The molecule has 0 saturated carbocycles. The lowest BCUT2D eigenvalue weighted by molar-refractivity contribution is -0.116. The van der Waals surface area contributed by atoms with Gasteiger partial charge in [0.15, 0.2) is 5.78 Å². The Hall–Kier alpha value is -3.86. The van der Waals surface area contributed by atoms with Crippen LogP contribution in [0.3, 0.4) is 0 Å². The Morgan fingerprint density at radius 2 is 1.55 bits per heavy atom. The first-order chi connectivity index (χ1) is 16.0. The van der Waals surface area contributed by atoms with Crippen LogP contribution in [0.5, 0.6) is 0 Å². The van der Waals surface area contributed by atoms with Crippen LogP contribution in [0.15, 0.2) is 84.1 Å². The first-order valence-corrected chi connectivity index (χ1v) is 11.3. The number of Topliss-reactive ketones (excluding diaryl/α,β-unsaturated/α-hetero) is 1. The molecule has 0 radical (unpaired) electrons. The highest BCUT2D eigenvalue weighted by atomic mass is 16.1. The van der Waals surface area contributed by atoms with Gasteiger partial charge in [-0.1, -0.05) is 54.1 Å². The molecule has 2 aliphatic rings. The second kappa shape index (κ2) is 8.58. The number of anilines is 3. The molecule has 33 heavy (non-hydrogen) atoms. The van der Waals surface area contributed by atoms with Crippen molar-refractivity contribution in [2.75, 3.05) is 16.0 Å². The van der Waals surface area contributed by atoms with Gasteiger partial charge in [0.1, 0.15) is 0 Å². The van der Waals surface area contributed by atoms with Crippen molar-refractivity contribution in [1.29, 1.82) is 0 Å². The predicted molar refractivity (Wildman–Crippen MR) is 132 cm³/mol. The number of hydrogen-bond acceptors (Lipinski definition) is 4. The number of benzene rings is 3. The minimum absolute atomic E-state index is 0.108. The number of allylic oxidation sites excluding steroid dienone is 1. The summed E-state index contributed by atoms with van der Waals surface area (Å²) in [4.78, 5) is 25.0. The molecule has 3 aromatic rings. The molecule has 0 fully saturated rings. The number of ketones is 1. The van der Waals surface area contributed by atoms with Gasteiger partial charge in [-0.15, -0.1) is 0 Å². The molecular formula is C28H27N3O2. The van der Waals surface area contributed by atoms with Crippen molar-refractivity contribution in [1.82, 2.24) is 0 Å². The average molecular weight is 438 g/mol. The van der Waals surface area contributed by atoms with Gasteiger partial charge in [-0.25, -0.2) is 0 Å². The summed E-state index contributed by atoms with van der Waals surface area (Å²) in [5.41, 5.74) is 7.84. The van der Waals surface area contributed by atoms with Gasteiger partial charge in [0.2, 0.25) is 5.91 Å². The lowest BCUT2D eigenvalue weighted by atomic mass is 9.78. The van der Waals surface area contributed by atoms with Crippen LogP contribution in [-0.2, 0) is 9.59 Å². The molecule has 5 rings (SSSR count). The molecule has 0 saturated heterocycles. The number of hydrogen-bond donors (Lipinski definition) is 3. The van der Waals surface area contributed by atoms with E-state index in [4.69, 9.17) is 0 Å². The van der Waals surface area contributed by atoms with E-state index in [2.05, 4.69) is 47.1 Å². The predicted octanol–water partition coefficient (Wildman–Crippen LogP) is 5.93. The van der Waals surface area contributed by atoms with Gasteiger partial charge in [0.05, 0.1) is 17.4 Å². The third-order valence-electron chi connectivity index (χ3n) is 6.42. The molecule has 1 amide bonds. The molecule has 166 valence electrons. The molecule has 3 N–H and O–H groups in total. The highest BCUT2D eigenvalue weighted by Gasteiger charge is 2.36. The number of para-hydroxylation sites is 2. The van der Waals surface area contributed by atoms with E-state index < -0.39 is 0 Å². The summed E-state index contributed by atoms with van der Waals surface area (Å²) < 4.78 is 0. The van der Waals surface area contributed by atoms with E-state index >= 15 is 0 Å². The maximum atomic E-state index is 13.6. The van der Waals surface area contributed by atoms with Crippen LogP contribution in [0, 0.1) is 6.92 Å². The molecule has 1 aliphatic carbocycles. The largest absolute Gasteiger partial charge is 0.372 e. The van der Waals surface area contributed by atoms with E-state index in [1.807, 2.05) is 48.5 Å².